The van der Waals surface area contributed by atoms with Crippen molar-refractivity contribution in [2.75, 3.05) is 13.2 Å². The number of unbranched alkanes of at least 4 members (excludes halogenated alkanes) is 12. The van der Waals surface area contributed by atoms with E-state index in [4.69, 9.17) is 9.47 Å². The first kappa shape index (κ1) is 32.6. The van der Waals surface area contributed by atoms with Gasteiger partial charge in [-0.1, -0.05) is 95.8 Å². The highest BCUT2D eigenvalue weighted by Gasteiger charge is 2.27. The van der Waals surface area contributed by atoms with Crippen molar-refractivity contribution in [1.29, 1.82) is 0 Å². The zero-order valence-corrected chi connectivity index (χ0v) is 24.7. The number of para-hydroxylation sites is 1. The molecule has 0 unspecified atom stereocenters. The molecule has 6 heteroatoms. The lowest BCUT2D eigenvalue weighted by molar-refractivity contribution is -0.143. The van der Waals surface area contributed by atoms with Crippen LogP contribution in [0.2, 0.25) is 0 Å². The summed E-state index contributed by atoms with van der Waals surface area (Å²) in [6, 6.07) is 7.83. The van der Waals surface area contributed by atoms with Crippen molar-refractivity contribution in [3.8, 4) is 0 Å². The fourth-order valence-electron chi connectivity index (χ4n) is 5.25. The summed E-state index contributed by atoms with van der Waals surface area (Å²) in [5, 5.41) is 0.843. The maximum Gasteiger partial charge on any atom is 0.355 e. The number of esters is 2. The molecule has 0 amide bonds. The highest BCUT2D eigenvalue weighted by Crippen LogP contribution is 2.30. The van der Waals surface area contributed by atoms with E-state index in [2.05, 4.69) is 6.92 Å². The Labute approximate surface area is 235 Å². The maximum absolute atomic E-state index is 13.5. The molecular weight excluding hydrogens is 490 g/mol. The molecule has 1 heterocycles. The Morgan fingerprint density at radius 2 is 1.23 bits per heavy atom. The van der Waals surface area contributed by atoms with Crippen LogP contribution < -0.4 is 0 Å². The number of carbonyl (C=O) groups excluding carboxylic acids is 3. The number of aromatic nitrogens is 1. The smallest absolute Gasteiger partial charge is 0.355 e. The van der Waals surface area contributed by atoms with Crippen LogP contribution in [0.5, 0.6) is 0 Å². The van der Waals surface area contributed by atoms with Crippen molar-refractivity contribution >= 4 is 28.6 Å². The van der Waals surface area contributed by atoms with Crippen molar-refractivity contribution in [3.63, 3.8) is 0 Å². The van der Waals surface area contributed by atoms with Crippen molar-refractivity contribution in [1.82, 2.24) is 4.57 Å². The molecule has 1 aromatic heterocycles. The Balaban J connectivity index is 2.01. The third kappa shape index (κ3) is 11.2. The van der Waals surface area contributed by atoms with E-state index >= 15 is 0 Å². The number of hydrogen-bond donors (Lipinski definition) is 0. The van der Waals surface area contributed by atoms with Gasteiger partial charge in [-0.2, -0.15) is 0 Å². The van der Waals surface area contributed by atoms with Crippen molar-refractivity contribution in [2.24, 2.45) is 0 Å². The minimum Gasteiger partial charge on any atom is -0.466 e. The summed E-state index contributed by atoms with van der Waals surface area (Å²) in [6.07, 6.45) is 16.4. The molecule has 218 valence electrons. The Bertz CT molecular complexity index is 1010. The molecule has 0 saturated heterocycles. The van der Waals surface area contributed by atoms with Crippen LogP contribution in [0, 0.1) is 0 Å². The van der Waals surface area contributed by atoms with Gasteiger partial charge in [0, 0.05) is 30.3 Å². The third-order valence-electron chi connectivity index (χ3n) is 7.29. The Hall–Kier alpha value is -2.63. The minimum atomic E-state index is -0.418. The van der Waals surface area contributed by atoms with E-state index in [0.29, 0.717) is 37.3 Å². The second-order valence-corrected chi connectivity index (χ2v) is 10.4. The molecule has 6 nitrogen and oxygen atoms in total. The van der Waals surface area contributed by atoms with E-state index in [1.165, 1.54) is 38.5 Å². The van der Waals surface area contributed by atoms with Crippen LogP contribution in [-0.4, -0.2) is 35.5 Å². The molecule has 0 spiro atoms. The Morgan fingerprint density at radius 1 is 0.667 bits per heavy atom. The first-order valence-corrected chi connectivity index (χ1v) is 15.5. The average Bonchev–Trinajstić information content (AvgIpc) is 3.26. The molecular formula is C33H51NO5. The number of fused-ring (bicyclic) bond motifs is 1. The van der Waals surface area contributed by atoms with Gasteiger partial charge in [-0.05, 0) is 39.2 Å². The highest BCUT2D eigenvalue weighted by atomic mass is 16.5. The Morgan fingerprint density at radius 3 is 1.87 bits per heavy atom. The van der Waals surface area contributed by atoms with Gasteiger partial charge in [0.25, 0.3) is 0 Å². The van der Waals surface area contributed by atoms with Gasteiger partial charge in [0.2, 0.25) is 0 Å². The monoisotopic (exact) mass is 541 g/mol. The summed E-state index contributed by atoms with van der Waals surface area (Å²) in [5.41, 5.74) is 1.85. The van der Waals surface area contributed by atoms with E-state index in [1.54, 1.807) is 6.92 Å². The highest BCUT2D eigenvalue weighted by molar-refractivity contribution is 6.15. The van der Waals surface area contributed by atoms with Crippen LogP contribution in [0.1, 0.15) is 144 Å². The Kier molecular flexibility index (Phi) is 16.2. The van der Waals surface area contributed by atoms with Gasteiger partial charge >= 0.3 is 11.9 Å². The summed E-state index contributed by atoms with van der Waals surface area (Å²) in [4.78, 5) is 38.1. The summed E-state index contributed by atoms with van der Waals surface area (Å²) in [5.74, 6) is -0.511. The zero-order valence-electron chi connectivity index (χ0n) is 24.7. The van der Waals surface area contributed by atoms with E-state index in [9.17, 15) is 14.4 Å². The van der Waals surface area contributed by atoms with Gasteiger partial charge in [0.1, 0.15) is 5.69 Å². The average molecular weight is 542 g/mol. The molecule has 2 rings (SSSR count). The number of ketones is 1. The van der Waals surface area contributed by atoms with Gasteiger partial charge in [-0.15, -0.1) is 0 Å². The van der Waals surface area contributed by atoms with Crippen LogP contribution >= 0.6 is 0 Å². The number of aryl methyl sites for hydroxylation is 1. The predicted molar refractivity (Wildman–Crippen MR) is 158 cm³/mol. The number of nitrogens with zero attached hydrogens (tertiary/aromatic N) is 1. The molecule has 0 radical (unpaired) electrons. The van der Waals surface area contributed by atoms with Crippen molar-refractivity contribution in [3.05, 3.63) is 35.5 Å². The second-order valence-electron chi connectivity index (χ2n) is 10.4. The third-order valence-corrected chi connectivity index (χ3v) is 7.29. The molecule has 39 heavy (non-hydrogen) atoms. The standard InChI is InChI=1S/C33H51NO5/c1-4-7-8-9-10-11-12-14-17-24-29(35)31-27-22-19-20-23-28(27)34(32(31)33(37)39-6-3)26-21-16-13-15-18-25-30(36)38-5-2/h19-20,22-23H,4-18,21,24-26H2,1-3H3. The summed E-state index contributed by atoms with van der Waals surface area (Å²) in [6.45, 7) is 7.20. The summed E-state index contributed by atoms with van der Waals surface area (Å²) in [7, 11) is 0. The molecule has 2 aromatic rings. The van der Waals surface area contributed by atoms with Gasteiger partial charge in [-0.3, -0.25) is 9.59 Å². The second kappa shape index (κ2) is 19.4. The topological polar surface area (TPSA) is 74.6 Å². The summed E-state index contributed by atoms with van der Waals surface area (Å²) >= 11 is 0. The molecule has 0 atom stereocenters. The molecule has 0 bridgehead atoms. The molecule has 0 aliphatic carbocycles. The van der Waals surface area contributed by atoms with Crippen molar-refractivity contribution in [2.45, 2.75) is 130 Å². The van der Waals surface area contributed by atoms with E-state index in [1.807, 2.05) is 35.8 Å². The number of Topliss-reactive ketones (excluding diaryl/α,β-unsaturated/α-hetero) is 1. The fourth-order valence-corrected chi connectivity index (χ4v) is 5.25. The number of rotatable bonds is 22. The van der Waals surface area contributed by atoms with Gasteiger partial charge in [0.05, 0.1) is 18.8 Å². The van der Waals surface area contributed by atoms with Crippen LogP contribution in [0.15, 0.2) is 24.3 Å². The van der Waals surface area contributed by atoms with E-state index in [-0.39, 0.29) is 18.4 Å². The largest absolute Gasteiger partial charge is 0.466 e. The SMILES string of the molecule is CCCCCCCCCCCC(=O)c1c(C(=O)OCC)n(CCCCCCCC(=O)OCC)c2ccccc12. The molecule has 0 N–H and O–H groups in total. The lowest BCUT2D eigenvalue weighted by Gasteiger charge is -2.11. The zero-order chi connectivity index (χ0) is 28.3. The maximum atomic E-state index is 13.5. The normalized spacial score (nSPS) is 11.2. The first-order chi connectivity index (χ1) is 19.0. The molecule has 0 aliphatic heterocycles. The molecule has 0 aliphatic rings. The van der Waals surface area contributed by atoms with Crippen LogP contribution in [0.4, 0.5) is 0 Å². The van der Waals surface area contributed by atoms with Gasteiger partial charge in [-0.25, -0.2) is 4.79 Å². The molecule has 1 aromatic carbocycles. The lowest BCUT2D eigenvalue weighted by atomic mass is 10.00. The van der Waals surface area contributed by atoms with Gasteiger partial charge in [0.15, 0.2) is 5.78 Å². The number of carbonyl (C=O) groups is 3. The van der Waals surface area contributed by atoms with Gasteiger partial charge < -0.3 is 14.0 Å². The molecule has 0 saturated carbocycles. The number of ether oxygens (including phenoxy) is 2. The number of hydrogen-bond acceptors (Lipinski definition) is 5. The lowest BCUT2D eigenvalue weighted by Crippen LogP contribution is -2.16. The van der Waals surface area contributed by atoms with Crippen molar-refractivity contribution < 1.29 is 23.9 Å². The summed E-state index contributed by atoms with van der Waals surface area (Å²) < 4.78 is 12.4. The predicted octanol–water partition coefficient (Wildman–Crippen LogP) is 8.83. The van der Waals surface area contributed by atoms with E-state index < -0.39 is 5.97 Å². The van der Waals surface area contributed by atoms with Crippen LogP contribution in [0.3, 0.4) is 0 Å². The van der Waals surface area contributed by atoms with Crippen LogP contribution in [0.25, 0.3) is 10.9 Å². The van der Waals surface area contributed by atoms with Crippen LogP contribution in [-0.2, 0) is 20.8 Å². The first-order valence-electron chi connectivity index (χ1n) is 15.5. The minimum absolute atomic E-state index is 0.0370. The fraction of sp³-hybridized carbons (Fsp3) is 0.667. The quantitative estimate of drug-likeness (QED) is 0.0845. The molecule has 0 fully saturated rings. The van der Waals surface area contributed by atoms with E-state index in [0.717, 1.165) is 62.3 Å². The number of benzene rings is 1.